The fourth-order valence-corrected chi connectivity index (χ4v) is 2.98. The van der Waals surface area contributed by atoms with Crippen LogP contribution in [-0.2, 0) is 9.84 Å². The molecule has 6 heteroatoms. The average molecular weight is 264 g/mol. The van der Waals surface area contributed by atoms with E-state index < -0.39 is 15.4 Å². The van der Waals surface area contributed by atoms with Gasteiger partial charge in [0.1, 0.15) is 0 Å². The van der Waals surface area contributed by atoms with Gasteiger partial charge >= 0.3 is 0 Å². The standard InChI is InChI=1S/C12H12N2O3S/c1-12(14-13)7-10(18(2,16)17)8-5-3-4-6-9(8)11(12)15/h3-7,13H,1-2H3. The minimum absolute atomic E-state index is 0.0520. The van der Waals surface area contributed by atoms with Crippen LogP contribution in [-0.4, -0.2) is 26.0 Å². The predicted molar refractivity (Wildman–Crippen MR) is 67.1 cm³/mol. The van der Waals surface area contributed by atoms with E-state index in [0.717, 1.165) is 6.26 Å². The molecule has 94 valence electrons. The Morgan fingerprint density at radius 1 is 1.22 bits per heavy atom. The monoisotopic (exact) mass is 264 g/mol. The molecule has 2 rings (SSSR count). The van der Waals surface area contributed by atoms with Crippen molar-refractivity contribution in [1.29, 1.82) is 5.53 Å². The number of nitrogens with one attached hydrogen (secondary N) is 1. The van der Waals surface area contributed by atoms with E-state index in [4.69, 9.17) is 5.53 Å². The van der Waals surface area contributed by atoms with Crippen molar-refractivity contribution in [1.82, 2.24) is 0 Å². The molecule has 0 radical (unpaired) electrons. The third kappa shape index (κ3) is 1.78. The third-order valence-corrected chi connectivity index (χ3v) is 4.08. The predicted octanol–water partition coefficient (Wildman–Crippen LogP) is 2.06. The highest BCUT2D eigenvalue weighted by Crippen LogP contribution is 2.35. The molecule has 1 atom stereocenters. The minimum Gasteiger partial charge on any atom is -0.291 e. The van der Waals surface area contributed by atoms with Gasteiger partial charge in [-0.05, 0) is 13.0 Å². The lowest BCUT2D eigenvalue weighted by Gasteiger charge is -2.26. The SMILES string of the molecule is CC1(N=N)C=C(S(C)(=O)=O)c2ccccc2C1=O. The molecule has 1 aromatic carbocycles. The molecule has 1 aromatic rings. The molecule has 0 aliphatic heterocycles. The molecule has 0 heterocycles. The van der Waals surface area contributed by atoms with E-state index in [0.29, 0.717) is 11.1 Å². The van der Waals surface area contributed by atoms with E-state index >= 15 is 0 Å². The van der Waals surface area contributed by atoms with Crippen molar-refractivity contribution >= 4 is 20.5 Å². The molecule has 0 spiro atoms. The Balaban J connectivity index is 2.84. The smallest absolute Gasteiger partial charge is 0.196 e. The van der Waals surface area contributed by atoms with Crippen LogP contribution in [0.25, 0.3) is 4.91 Å². The van der Waals surface area contributed by atoms with Crippen molar-refractivity contribution in [3.05, 3.63) is 41.5 Å². The summed E-state index contributed by atoms with van der Waals surface area (Å²) in [4.78, 5) is 12.2. The molecule has 0 saturated carbocycles. The molecule has 0 bridgehead atoms. The molecule has 0 saturated heterocycles. The maximum Gasteiger partial charge on any atom is 0.196 e. The Labute approximate surface area is 105 Å². The van der Waals surface area contributed by atoms with Crippen LogP contribution in [0, 0.1) is 5.53 Å². The summed E-state index contributed by atoms with van der Waals surface area (Å²) in [6.07, 6.45) is 2.33. The minimum atomic E-state index is -3.48. The molecular weight excluding hydrogens is 252 g/mol. The summed E-state index contributed by atoms with van der Waals surface area (Å²) < 4.78 is 23.6. The molecule has 1 aliphatic rings. The largest absolute Gasteiger partial charge is 0.291 e. The van der Waals surface area contributed by atoms with Crippen LogP contribution in [0.4, 0.5) is 0 Å². The summed E-state index contributed by atoms with van der Waals surface area (Å²) in [7, 11) is -3.48. The summed E-state index contributed by atoms with van der Waals surface area (Å²) in [5, 5.41) is 3.28. The van der Waals surface area contributed by atoms with E-state index in [1.165, 1.54) is 13.0 Å². The van der Waals surface area contributed by atoms with Gasteiger partial charge in [0.2, 0.25) is 0 Å². The number of sulfone groups is 1. The zero-order chi connectivity index (χ0) is 13.6. The molecule has 5 nitrogen and oxygen atoms in total. The zero-order valence-electron chi connectivity index (χ0n) is 9.97. The second-order valence-electron chi connectivity index (χ2n) is 4.41. The number of Topliss-reactive ketones (excluding diaryl/α,β-unsaturated/α-hetero) is 1. The van der Waals surface area contributed by atoms with E-state index in [9.17, 15) is 13.2 Å². The fourth-order valence-electron chi connectivity index (χ4n) is 1.96. The molecule has 0 aromatic heterocycles. The van der Waals surface area contributed by atoms with Crippen LogP contribution in [0.5, 0.6) is 0 Å². The zero-order valence-corrected chi connectivity index (χ0v) is 10.8. The Morgan fingerprint density at radius 2 is 1.78 bits per heavy atom. The van der Waals surface area contributed by atoms with Gasteiger partial charge in [-0.15, -0.1) is 0 Å². The fraction of sp³-hybridized carbons (Fsp3) is 0.250. The van der Waals surface area contributed by atoms with Crippen molar-refractivity contribution in [2.45, 2.75) is 12.5 Å². The molecule has 0 fully saturated rings. The molecule has 18 heavy (non-hydrogen) atoms. The first-order valence-electron chi connectivity index (χ1n) is 5.25. The number of hydrogen-bond donors (Lipinski definition) is 1. The third-order valence-electron chi connectivity index (χ3n) is 2.94. The summed E-state index contributed by atoms with van der Waals surface area (Å²) in [6.45, 7) is 1.43. The second-order valence-corrected chi connectivity index (χ2v) is 6.40. The van der Waals surface area contributed by atoms with Gasteiger partial charge in [-0.3, -0.25) is 4.79 Å². The Morgan fingerprint density at radius 3 is 2.28 bits per heavy atom. The van der Waals surface area contributed by atoms with Crippen LogP contribution in [0.2, 0.25) is 0 Å². The lowest BCUT2D eigenvalue weighted by molar-refractivity contribution is 0.0925. The summed E-state index contributed by atoms with van der Waals surface area (Å²) in [5.41, 5.74) is 6.36. The van der Waals surface area contributed by atoms with Gasteiger partial charge in [0.15, 0.2) is 21.2 Å². The average Bonchev–Trinajstić information content (AvgIpc) is 2.32. The molecule has 1 aliphatic carbocycles. The van der Waals surface area contributed by atoms with Gasteiger partial charge in [-0.2, -0.15) is 5.11 Å². The molecule has 0 amide bonds. The van der Waals surface area contributed by atoms with Gasteiger partial charge in [-0.1, -0.05) is 24.3 Å². The summed E-state index contributed by atoms with van der Waals surface area (Å²) in [5.74, 6) is -0.361. The summed E-state index contributed by atoms with van der Waals surface area (Å²) in [6, 6.07) is 6.47. The van der Waals surface area contributed by atoms with Gasteiger partial charge in [-0.25, -0.2) is 13.9 Å². The van der Waals surface area contributed by atoms with E-state index in [2.05, 4.69) is 5.11 Å². The summed E-state index contributed by atoms with van der Waals surface area (Å²) >= 11 is 0. The number of hydrogen-bond acceptors (Lipinski definition) is 5. The number of nitrogens with zero attached hydrogens (tertiary/aromatic N) is 1. The Bertz CT molecular complexity index is 676. The molecule has 1 N–H and O–H groups in total. The van der Waals surface area contributed by atoms with E-state index in [1.54, 1.807) is 24.3 Å². The van der Waals surface area contributed by atoms with Gasteiger partial charge in [0.05, 0.1) is 4.91 Å². The van der Waals surface area contributed by atoms with Crippen LogP contribution in [0.1, 0.15) is 22.8 Å². The van der Waals surface area contributed by atoms with Crippen molar-refractivity contribution in [3.63, 3.8) is 0 Å². The van der Waals surface area contributed by atoms with E-state index in [1.807, 2.05) is 0 Å². The van der Waals surface area contributed by atoms with E-state index in [-0.39, 0.29) is 10.7 Å². The number of benzene rings is 1. The van der Waals surface area contributed by atoms with Gasteiger partial charge in [0, 0.05) is 17.4 Å². The lowest BCUT2D eigenvalue weighted by Crippen LogP contribution is -2.35. The first kappa shape index (κ1) is 12.6. The Kier molecular flexibility index (Phi) is 2.70. The number of carbonyl (C=O) groups excluding carboxylic acids is 1. The first-order valence-corrected chi connectivity index (χ1v) is 7.14. The lowest BCUT2D eigenvalue weighted by atomic mass is 9.84. The highest BCUT2D eigenvalue weighted by molar-refractivity contribution is 8.00. The van der Waals surface area contributed by atoms with Gasteiger partial charge in [0.25, 0.3) is 0 Å². The van der Waals surface area contributed by atoms with Crippen LogP contribution in [0.15, 0.2) is 35.5 Å². The number of carbonyl (C=O) groups is 1. The van der Waals surface area contributed by atoms with Gasteiger partial charge < -0.3 is 0 Å². The maximum absolute atomic E-state index is 12.2. The van der Waals surface area contributed by atoms with Crippen molar-refractivity contribution in [3.8, 4) is 0 Å². The highest BCUT2D eigenvalue weighted by Gasteiger charge is 2.40. The Hall–Kier alpha value is -1.82. The second kappa shape index (κ2) is 3.84. The first-order chi connectivity index (χ1) is 8.29. The van der Waals surface area contributed by atoms with Crippen molar-refractivity contribution in [2.24, 2.45) is 5.11 Å². The quantitative estimate of drug-likeness (QED) is 0.829. The highest BCUT2D eigenvalue weighted by atomic mass is 32.2. The van der Waals surface area contributed by atoms with Crippen molar-refractivity contribution < 1.29 is 13.2 Å². The number of rotatable bonds is 2. The van der Waals surface area contributed by atoms with Crippen molar-refractivity contribution in [2.75, 3.05) is 6.26 Å². The molecule has 1 unspecified atom stereocenters. The topological polar surface area (TPSA) is 87.4 Å². The number of ketones is 1. The van der Waals surface area contributed by atoms with Crippen LogP contribution < -0.4 is 0 Å². The maximum atomic E-state index is 12.2. The van der Waals surface area contributed by atoms with Crippen LogP contribution in [0.3, 0.4) is 0 Å². The number of fused-ring (bicyclic) bond motifs is 1. The molecular formula is C12H12N2O3S. The normalized spacial score (nSPS) is 23.2. The van der Waals surface area contributed by atoms with Crippen LogP contribution >= 0.6 is 0 Å².